The van der Waals surface area contributed by atoms with Crippen LogP contribution >= 0.6 is 46.4 Å². The number of carbonyl (C=O) groups is 8. The van der Waals surface area contributed by atoms with Crippen LogP contribution in [0.4, 0.5) is 17.1 Å². The molecule has 2 fully saturated rings. The number of para-hydroxylation sites is 3. The number of carboxylic acids is 1. The van der Waals surface area contributed by atoms with Gasteiger partial charge in [0.15, 0.2) is 0 Å². The molecule has 5 amide bonds. The molecule has 24 heteroatoms. The number of hydrogen-bond donors (Lipinski definition) is 7. The maximum Gasteiger partial charge on any atom is 0.328 e. The third kappa shape index (κ3) is 17.4. The second-order valence-electron chi connectivity index (χ2n) is 22.8. The fourth-order valence-corrected chi connectivity index (χ4v) is 11.1. The van der Waals surface area contributed by atoms with Gasteiger partial charge in [0.2, 0.25) is 11.8 Å². The van der Waals surface area contributed by atoms with E-state index in [4.69, 9.17) is 56.9 Å². The van der Waals surface area contributed by atoms with Crippen LogP contribution in [0, 0.1) is 17.8 Å². The van der Waals surface area contributed by atoms with Gasteiger partial charge in [0.05, 0.1) is 58.3 Å². The molecule has 486 valence electrons. The Kier molecular flexibility index (Phi) is 22.8. The Hall–Kier alpha value is -9.57. The molecule has 3 aromatic heterocycles. The van der Waals surface area contributed by atoms with Crippen molar-refractivity contribution in [1.82, 2.24) is 25.6 Å². The van der Waals surface area contributed by atoms with Crippen molar-refractivity contribution in [3.05, 3.63) is 216 Å². The van der Waals surface area contributed by atoms with Crippen LogP contribution in [0.2, 0.25) is 0 Å². The molecule has 0 spiro atoms. The highest BCUT2D eigenvalue weighted by Crippen LogP contribution is 2.64. The van der Waals surface area contributed by atoms with E-state index < -0.39 is 61.4 Å². The van der Waals surface area contributed by atoms with Gasteiger partial charge in [0.1, 0.15) is 26.8 Å². The lowest BCUT2D eigenvalue weighted by atomic mass is 10.0. The largest absolute Gasteiger partial charge is 0.480 e. The first kappa shape index (κ1) is 70.3. The first-order valence-corrected chi connectivity index (χ1v) is 30.9. The van der Waals surface area contributed by atoms with Gasteiger partial charge in [-0.25, -0.2) is 9.59 Å². The number of ether oxygens (including phenoxy) is 2. The Labute approximate surface area is 561 Å². The van der Waals surface area contributed by atoms with Gasteiger partial charge in [0.25, 0.3) is 17.7 Å². The minimum atomic E-state index is -1.18. The van der Waals surface area contributed by atoms with Gasteiger partial charge >= 0.3 is 17.9 Å². The molecule has 8 N–H and O–H groups in total. The summed E-state index contributed by atoms with van der Waals surface area (Å²) in [5.74, 6) is -3.66. The molecule has 0 saturated heterocycles. The maximum atomic E-state index is 12.8. The maximum absolute atomic E-state index is 12.8. The minimum absolute atomic E-state index is 0.0674. The van der Waals surface area contributed by atoms with Crippen LogP contribution in [0.5, 0.6) is 0 Å². The average Bonchev–Trinajstić information content (AvgIpc) is 1.57. The van der Waals surface area contributed by atoms with Crippen LogP contribution in [-0.2, 0) is 46.3 Å². The van der Waals surface area contributed by atoms with Crippen molar-refractivity contribution in [2.24, 2.45) is 16.6 Å². The zero-order valence-electron chi connectivity index (χ0n) is 51.8. The lowest BCUT2D eigenvalue weighted by Gasteiger charge is -2.20. The van der Waals surface area contributed by atoms with E-state index in [0.717, 1.165) is 49.5 Å². The summed E-state index contributed by atoms with van der Waals surface area (Å²) < 4.78 is 6.78. The van der Waals surface area contributed by atoms with Gasteiger partial charge in [-0.2, -0.15) is 0 Å². The molecule has 5 atom stereocenters. The van der Waals surface area contributed by atoms with Crippen LogP contribution in [0.15, 0.2) is 182 Å². The summed E-state index contributed by atoms with van der Waals surface area (Å²) in [6.45, 7) is 6.85. The number of nitrogens with one attached hydrogen (secondary N) is 5. The SMILES string of the molecule is CC1(C(=O)NC(Cc2ccc(NC(=O)c3ccnc4ccccc34)cc2)C(=O)O)CC1(Cl)Cl.COC(=O)C(C)N.COC(=O)C(Cc1ccc(NC(=O)c2ccnc3ccccc23)cc1)NC(=O)C1(C)CC1(Cl)Cl.Cc1ccc(NC(=O)c2ccnc3ccccc23)cc1. The molecular weight excluding hydrogens is 1280 g/mol. The smallest absolute Gasteiger partial charge is 0.328 e. The predicted molar refractivity (Wildman–Crippen MR) is 364 cm³/mol. The molecular formula is C70H67Cl4N9O11. The molecule has 9 aromatic rings. The van der Waals surface area contributed by atoms with E-state index >= 15 is 0 Å². The third-order valence-corrected chi connectivity index (χ3v) is 18.0. The van der Waals surface area contributed by atoms with E-state index in [9.17, 15) is 43.5 Å². The fraction of sp³-hybridized carbons (Fsp3) is 0.243. The Bertz CT molecular complexity index is 4280. The number of pyridine rings is 3. The van der Waals surface area contributed by atoms with Crippen LogP contribution in [0.25, 0.3) is 32.7 Å². The van der Waals surface area contributed by atoms with Crippen molar-refractivity contribution in [3.8, 4) is 0 Å². The van der Waals surface area contributed by atoms with Crippen LogP contribution in [0.3, 0.4) is 0 Å². The number of fused-ring (bicyclic) bond motifs is 3. The van der Waals surface area contributed by atoms with Gasteiger partial charge in [-0.05, 0) is 124 Å². The third-order valence-electron chi connectivity index (χ3n) is 15.8. The average molecular weight is 1350 g/mol. The number of carboxylic acid groups (broad SMARTS) is 1. The van der Waals surface area contributed by atoms with E-state index in [-0.39, 0.29) is 43.0 Å². The first-order chi connectivity index (χ1) is 44.7. The van der Waals surface area contributed by atoms with Gasteiger partial charge in [-0.1, -0.05) is 96.6 Å². The zero-order chi connectivity index (χ0) is 68.1. The predicted octanol–water partition coefficient (Wildman–Crippen LogP) is 11.8. The van der Waals surface area contributed by atoms with Gasteiger partial charge in [0, 0.05) is 64.7 Å². The van der Waals surface area contributed by atoms with E-state index in [1.54, 1.807) is 106 Å². The Morgan fingerprint density at radius 2 is 0.798 bits per heavy atom. The van der Waals surface area contributed by atoms with E-state index in [2.05, 4.69) is 46.3 Å². The molecule has 0 radical (unpaired) electrons. The highest BCUT2D eigenvalue weighted by Gasteiger charge is 2.69. The first-order valence-electron chi connectivity index (χ1n) is 29.4. The highest BCUT2D eigenvalue weighted by atomic mass is 35.5. The summed E-state index contributed by atoms with van der Waals surface area (Å²) in [6.07, 6.45) is 5.69. The molecule has 20 nitrogen and oxygen atoms in total. The van der Waals surface area contributed by atoms with E-state index in [1.165, 1.54) is 14.2 Å². The Balaban J connectivity index is 0.000000177. The second kappa shape index (κ2) is 30.5. The Morgan fingerprint density at radius 1 is 0.489 bits per heavy atom. The molecule has 2 aliphatic carbocycles. The molecule has 2 saturated carbocycles. The summed E-state index contributed by atoms with van der Waals surface area (Å²) >= 11 is 24.2. The minimum Gasteiger partial charge on any atom is -0.480 e. The van der Waals surface area contributed by atoms with Crippen molar-refractivity contribution in [1.29, 1.82) is 0 Å². The van der Waals surface area contributed by atoms with Crippen LogP contribution < -0.4 is 32.3 Å². The quantitative estimate of drug-likeness (QED) is 0.0329. The normalized spacial score (nSPS) is 17.0. The number of nitrogens with two attached hydrogens (primary N) is 1. The van der Waals surface area contributed by atoms with Crippen LogP contribution in [0.1, 0.15) is 81.4 Å². The number of amides is 5. The number of nitrogens with zero attached hydrogens (tertiary/aromatic N) is 3. The Morgan fingerprint density at radius 3 is 1.10 bits per heavy atom. The number of carbonyl (C=O) groups excluding carboxylic acids is 7. The van der Waals surface area contributed by atoms with Gasteiger partial charge in [-0.3, -0.25) is 43.7 Å². The van der Waals surface area contributed by atoms with Crippen molar-refractivity contribution >= 4 is 144 Å². The van der Waals surface area contributed by atoms with Gasteiger partial charge < -0.3 is 46.9 Å². The summed E-state index contributed by atoms with van der Waals surface area (Å²) in [5.41, 5.74) is 11.6. The number of aryl methyl sites for hydroxylation is 1. The summed E-state index contributed by atoms with van der Waals surface area (Å²) in [6, 6.07) is 46.5. The van der Waals surface area contributed by atoms with E-state index in [0.29, 0.717) is 40.0 Å². The molecule has 94 heavy (non-hydrogen) atoms. The zero-order valence-corrected chi connectivity index (χ0v) is 54.9. The highest BCUT2D eigenvalue weighted by molar-refractivity contribution is 6.53. The number of halogens is 4. The fourth-order valence-electron chi connectivity index (χ4n) is 9.68. The number of methoxy groups -OCH3 is 2. The molecule has 0 aliphatic heterocycles. The number of aromatic nitrogens is 3. The number of benzene rings is 6. The van der Waals surface area contributed by atoms with Crippen molar-refractivity contribution in [3.63, 3.8) is 0 Å². The molecule has 5 unspecified atom stereocenters. The topological polar surface area (TPSA) is 300 Å². The standard InChI is InChI=1S/C25H23Cl2N3O4.C24H21Cl2N3O4.C17H14N2O.C4H9NO2/c1-24(14-25(24,26)27)23(33)30-20(22(32)34-2)13-15-7-9-16(10-8-15)29-21(31)18-11-12-28-19-6-4-3-5-17(18)19;1-23(13-24(23,25)26)22(33)29-19(21(31)32)12-14-6-8-15(9-7-14)28-20(30)17-10-11-27-18-5-3-2-4-16(17)18;1-12-6-8-13(9-7-12)19-17(20)15-10-11-18-16-5-3-2-4-14(15)16;1-3(5)4(6)7-2/h3-12,20H,13-14H2,1-2H3,(H,29,31)(H,30,33);2-11,19H,12-13H2,1H3,(H,28,30)(H,29,33)(H,31,32);2-11H,1H3,(H,19,20);3H,5H2,1-2H3. The summed E-state index contributed by atoms with van der Waals surface area (Å²) in [5, 5.41) is 25.8. The number of anilines is 3. The molecule has 11 rings (SSSR count). The summed E-state index contributed by atoms with van der Waals surface area (Å²) in [7, 11) is 2.57. The van der Waals surface area contributed by atoms with Crippen molar-refractivity contribution in [2.75, 3.05) is 30.2 Å². The molecule has 3 heterocycles. The van der Waals surface area contributed by atoms with Crippen LogP contribution in [-0.4, -0.2) is 109 Å². The van der Waals surface area contributed by atoms with Gasteiger partial charge in [-0.15, -0.1) is 46.4 Å². The number of alkyl halides is 4. The lowest BCUT2D eigenvalue weighted by molar-refractivity contribution is -0.145. The number of hydrogen-bond acceptors (Lipinski definition) is 14. The molecule has 0 bridgehead atoms. The number of esters is 2. The number of aliphatic carboxylic acids is 1. The second-order valence-corrected chi connectivity index (χ2v) is 25.8. The summed E-state index contributed by atoms with van der Waals surface area (Å²) in [4.78, 5) is 110. The van der Waals surface area contributed by atoms with Crippen molar-refractivity contribution in [2.45, 2.75) is 80.2 Å². The lowest BCUT2D eigenvalue weighted by Crippen LogP contribution is -2.46. The number of rotatable bonds is 17. The molecule has 6 aromatic carbocycles. The monoisotopic (exact) mass is 1350 g/mol. The van der Waals surface area contributed by atoms with E-state index in [1.807, 2.05) is 104 Å². The van der Waals surface area contributed by atoms with Crippen molar-refractivity contribution < 1.29 is 52.9 Å². The molecule has 2 aliphatic rings.